The zero-order valence-corrected chi connectivity index (χ0v) is 16.2. The number of hydrogen-bond donors (Lipinski definition) is 3. The van der Waals surface area contributed by atoms with Crippen molar-refractivity contribution in [2.24, 2.45) is 5.10 Å². The number of anilines is 1. The van der Waals surface area contributed by atoms with Crippen LogP contribution in [0.1, 0.15) is 32.7 Å². The van der Waals surface area contributed by atoms with Crippen LogP contribution < -0.4 is 11.0 Å². The van der Waals surface area contributed by atoms with Crippen LogP contribution in [0.2, 0.25) is 0 Å². The van der Waals surface area contributed by atoms with Gasteiger partial charge < -0.3 is 5.11 Å². The maximum absolute atomic E-state index is 12.5. The molecule has 0 aliphatic carbocycles. The molecular weight excluding hydrogens is 382 g/mol. The number of aromatic carboxylic acids is 1. The van der Waals surface area contributed by atoms with Crippen molar-refractivity contribution in [1.29, 1.82) is 0 Å². The van der Waals surface area contributed by atoms with Gasteiger partial charge in [0.2, 0.25) is 5.95 Å². The van der Waals surface area contributed by atoms with E-state index in [1.165, 1.54) is 23.9 Å². The van der Waals surface area contributed by atoms with Gasteiger partial charge in [0.15, 0.2) is 0 Å². The van der Waals surface area contributed by atoms with E-state index in [0.29, 0.717) is 18.5 Å². The van der Waals surface area contributed by atoms with Crippen molar-refractivity contribution in [3.05, 3.63) is 92.9 Å². The first-order valence-electron chi connectivity index (χ1n) is 9.59. The van der Waals surface area contributed by atoms with E-state index in [1.807, 2.05) is 18.2 Å². The van der Waals surface area contributed by atoms with E-state index < -0.39 is 5.97 Å². The second-order valence-electron chi connectivity index (χ2n) is 7.08. The topological polar surface area (TPSA) is 111 Å². The average molecular weight is 403 g/mol. The van der Waals surface area contributed by atoms with Gasteiger partial charge in [-0.05, 0) is 23.3 Å². The molecule has 30 heavy (non-hydrogen) atoms. The third kappa shape index (κ3) is 4.61. The molecule has 0 saturated carbocycles. The molecule has 2 aromatic carbocycles. The minimum atomic E-state index is -0.977. The largest absolute Gasteiger partial charge is 0.478 e. The summed E-state index contributed by atoms with van der Waals surface area (Å²) in [5.74, 6) is -0.691. The maximum Gasteiger partial charge on any atom is 0.335 e. The van der Waals surface area contributed by atoms with Crippen LogP contribution >= 0.6 is 0 Å². The third-order valence-electron chi connectivity index (χ3n) is 4.94. The normalized spacial score (nSPS) is 13.9. The summed E-state index contributed by atoms with van der Waals surface area (Å²) in [7, 11) is 0. The van der Waals surface area contributed by atoms with Crippen molar-refractivity contribution in [3.8, 4) is 0 Å². The predicted octanol–water partition coefficient (Wildman–Crippen LogP) is 2.47. The summed E-state index contributed by atoms with van der Waals surface area (Å²) in [4.78, 5) is 32.9. The van der Waals surface area contributed by atoms with E-state index in [-0.39, 0.29) is 17.1 Å². The van der Waals surface area contributed by atoms with Crippen molar-refractivity contribution in [1.82, 2.24) is 14.9 Å². The Morgan fingerprint density at radius 2 is 1.97 bits per heavy atom. The number of aromatic nitrogens is 2. The number of fused-ring (bicyclic) bond motifs is 1. The molecule has 0 fully saturated rings. The Hall–Kier alpha value is -3.78. The van der Waals surface area contributed by atoms with Crippen LogP contribution in [-0.4, -0.2) is 38.7 Å². The molecule has 4 rings (SSSR count). The molecule has 1 aliphatic heterocycles. The van der Waals surface area contributed by atoms with Gasteiger partial charge in [0.1, 0.15) is 0 Å². The Kier molecular flexibility index (Phi) is 5.67. The zero-order valence-electron chi connectivity index (χ0n) is 16.2. The lowest BCUT2D eigenvalue weighted by Gasteiger charge is -2.27. The lowest BCUT2D eigenvalue weighted by atomic mass is 10.1. The van der Waals surface area contributed by atoms with Crippen LogP contribution in [0.4, 0.5) is 5.95 Å². The molecule has 0 unspecified atom stereocenters. The van der Waals surface area contributed by atoms with E-state index in [9.17, 15) is 9.59 Å². The molecule has 8 heteroatoms. The molecular formula is C22H21N5O3. The Bertz CT molecular complexity index is 1120. The van der Waals surface area contributed by atoms with Gasteiger partial charge in [-0.15, -0.1) is 0 Å². The van der Waals surface area contributed by atoms with E-state index in [2.05, 4.69) is 37.5 Å². The van der Waals surface area contributed by atoms with Crippen LogP contribution in [0.25, 0.3) is 0 Å². The molecule has 3 aromatic rings. The summed E-state index contributed by atoms with van der Waals surface area (Å²) in [6.07, 6.45) is 2.23. The number of aromatic amines is 1. The first kappa shape index (κ1) is 19.5. The van der Waals surface area contributed by atoms with Crippen molar-refractivity contribution in [2.45, 2.75) is 19.5 Å². The zero-order chi connectivity index (χ0) is 20.9. The van der Waals surface area contributed by atoms with Gasteiger partial charge in [-0.25, -0.2) is 15.2 Å². The second-order valence-corrected chi connectivity index (χ2v) is 7.08. The highest BCUT2D eigenvalue weighted by Gasteiger charge is 2.21. The van der Waals surface area contributed by atoms with Gasteiger partial charge in [0, 0.05) is 26.1 Å². The Labute approximate surface area is 172 Å². The van der Waals surface area contributed by atoms with Crippen molar-refractivity contribution in [3.63, 3.8) is 0 Å². The molecule has 2 heterocycles. The number of benzene rings is 2. The van der Waals surface area contributed by atoms with E-state index >= 15 is 0 Å². The summed E-state index contributed by atoms with van der Waals surface area (Å²) in [5, 5.41) is 13.0. The van der Waals surface area contributed by atoms with Gasteiger partial charge in [-0.2, -0.15) is 5.10 Å². The molecule has 0 spiro atoms. The number of carboxylic acid groups (broad SMARTS) is 1. The first-order valence-corrected chi connectivity index (χ1v) is 9.59. The summed E-state index contributed by atoms with van der Waals surface area (Å²) in [6, 6.07) is 16.5. The van der Waals surface area contributed by atoms with Crippen LogP contribution in [-0.2, 0) is 19.5 Å². The second kappa shape index (κ2) is 8.71. The average Bonchev–Trinajstić information content (AvgIpc) is 2.75. The molecule has 152 valence electrons. The number of hydrazone groups is 1. The fourth-order valence-electron chi connectivity index (χ4n) is 3.39. The van der Waals surface area contributed by atoms with Crippen LogP contribution in [0.15, 0.2) is 64.5 Å². The quantitative estimate of drug-likeness (QED) is 0.431. The maximum atomic E-state index is 12.5. The highest BCUT2D eigenvalue weighted by atomic mass is 16.4. The molecule has 0 bridgehead atoms. The van der Waals surface area contributed by atoms with Gasteiger partial charge >= 0.3 is 5.97 Å². The summed E-state index contributed by atoms with van der Waals surface area (Å²) in [6.45, 7) is 2.19. The highest BCUT2D eigenvalue weighted by molar-refractivity contribution is 5.89. The van der Waals surface area contributed by atoms with Gasteiger partial charge in [-0.1, -0.05) is 42.5 Å². The Morgan fingerprint density at radius 3 is 2.70 bits per heavy atom. The van der Waals surface area contributed by atoms with Crippen LogP contribution in [0.3, 0.4) is 0 Å². The molecule has 8 nitrogen and oxygen atoms in total. The Balaban J connectivity index is 1.41. The lowest BCUT2D eigenvalue weighted by Crippen LogP contribution is -2.35. The molecule has 0 saturated heterocycles. The Morgan fingerprint density at radius 1 is 1.20 bits per heavy atom. The molecule has 0 radical (unpaired) electrons. The summed E-state index contributed by atoms with van der Waals surface area (Å²) >= 11 is 0. The number of hydrogen-bond acceptors (Lipinski definition) is 6. The summed E-state index contributed by atoms with van der Waals surface area (Å²) in [5.41, 5.74) is 6.21. The fourth-order valence-corrected chi connectivity index (χ4v) is 3.39. The third-order valence-corrected chi connectivity index (χ3v) is 4.94. The lowest BCUT2D eigenvalue weighted by molar-refractivity contribution is 0.0697. The number of nitrogens with one attached hydrogen (secondary N) is 2. The van der Waals surface area contributed by atoms with Gasteiger partial charge in [0.05, 0.1) is 23.0 Å². The number of H-pyrrole nitrogens is 1. The monoisotopic (exact) mass is 403 g/mol. The van der Waals surface area contributed by atoms with Gasteiger partial charge in [0.25, 0.3) is 5.56 Å². The molecule has 0 amide bonds. The van der Waals surface area contributed by atoms with E-state index in [0.717, 1.165) is 24.3 Å². The SMILES string of the molecule is O=C(O)c1ccc(/C=N\Nc2nc3c(c(=O)[nH]2)CN(Cc2ccccc2)CC3)cc1. The van der Waals surface area contributed by atoms with Crippen molar-refractivity contribution < 1.29 is 9.90 Å². The molecule has 1 aliphatic rings. The minimum Gasteiger partial charge on any atom is -0.478 e. The number of carbonyl (C=O) groups is 1. The standard InChI is InChI=1S/C22H21N5O3/c28-20-18-14-27(13-16-4-2-1-3-5-16)11-10-19(18)24-22(25-20)26-23-12-15-6-8-17(9-7-15)21(29)30/h1-9,12H,10-11,13-14H2,(H,29,30)(H2,24,25,26,28)/b23-12-. The van der Waals surface area contributed by atoms with Gasteiger partial charge in [-0.3, -0.25) is 14.7 Å². The first-order chi connectivity index (χ1) is 14.6. The molecule has 3 N–H and O–H groups in total. The number of nitrogens with zero attached hydrogens (tertiary/aromatic N) is 3. The van der Waals surface area contributed by atoms with Crippen molar-refractivity contribution in [2.75, 3.05) is 12.0 Å². The molecule has 1 aromatic heterocycles. The van der Waals surface area contributed by atoms with E-state index in [1.54, 1.807) is 12.1 Å². The fraction of sp³-hybridized carbons (Fsp3) is 0.182. The number of carboxylic acids is 1. The summed E-state index contributed by atoms with van der Waals surface area (Å²) < 4.78 is 0. The van der Waals surface area contributed by atoms with E-state index in [4.69, 9.17) is 5.11 Å². The minimum absolute atomic E-state index is 0.165. The van der Waals surface area contributed by atoms with Crippen LogP contribution in [0.5, 0.6) is 0 Å². The highest BCUT2D eigenvalue weighted by Crippen LogP contribution is 2.17. The molecule has 0 atom stereocenters. The van der Waals surface area contributed by atoms with Crippen molar-refractivity contribution >= 4 is 18.1 Å². The number of rotatable bonds is 6. The predicted molar refractivity (Wildman–Crippen MR) is 114 cm³/mol. The van der Waals surface area contributed by atoms with Crippen LogP contribution in [0, 0.1) is 0 Å². The smallest absolute Gasteiger partial charge is 0.335 e.